The molecule has 1 atom stereocenters. The molecule has 4 rings (SSSR count). The number of aromatic nitrogens is 4. The van der Waals surface area contributed by atoms with E-state index in [0.717, 1.165) is 48.8 Å². The van der Waals surface area contributed by atoms with Crippen molar-refractivity contribution in [2.45, 2.75) is 45.2 Å². The fraction of sp³-hybridized carbons (Fsp3) is 0.364. The van der Waals surface area contributed by atoms with Crippen molar-refractivity contribution < 1.29 is 14.1 Å². The minimum atomic E-state index is -0.372. The van der Waals surface area contributed by atoms with Crippen molar-refractivity contribution in [3.63, 3.8) is 0 Å². The second kappa shape index (κ2) is 7.92. The van der Waals surface area contributed by atoms with Crippen LogP contribution in [-0.2, 0) is 13.0 Å². The maximum absolute atomic E-state index is 13.1. The highest BCUT2D eigenvalue weighted by Crippen LogP contribution is 2.23. The van der Waals surface area contributed by atoms with E-state index in [2.05, 4.69) is 9.55 Å². The number of methoxy groups -OCH3 is 1. The SMILES string of the molecule is COc1ccc(C(=O)[C@@H](C)n2nc(-c3ccncc3)[n+]3c2CCCCC3)cc1. The van der Waals surface area contributed by atoms with Crippen LogP contribution in [0.25, 0.3) is 11.4 Å². The molecule has 28 heavy (non-hydrogen) atoms. The second-order valence-electron chi connectivity index (χ2n) is 7.15. The number of rotatable bonds is 5. The molecule has 6 nitrogen and oxygen atoms in total. The molecule has 0 amide bonds. The summed E-state index contributed by atoms with van der Waals surface area (Å²) in [7, 11) is 1.62. The van der Waals surface area contributed by atoms with E-state index in [-0.39, 0.29) is 11.8 Å². The molecule has 0 spiro atoms. The zero-order valence-corrected chi connectivity index (χ0v) is 16.3. The Labute approximate surface area is 164 Å². The molecule has 6 heteroatoms. The van der Waals surface area contributed by atoms with Crippen LogP contribution in [0.4, 0.5) is 0 Å². The number of benzene rings is 1. The van der Waals surface area contributed by atoms with Crippen molar-refractivity contribution in [3.8, 4) is 17.1 Å². The van der Waals surface area contributed by atoms with Gasteiger partial charge in [0.2, 0.25) is 11.6 Å². The van der Waals surface area contributed by atoms with Gasteiger partial charge in [0.15, 0.2) is 6.04 Å². The molecular weight excluding hydrogens is 352 g/mol. The molecule has 1 aromatic carbocycles. The first-order chi connectivity index (χ1) is 13.7. The Balaban J connectivity index is 1.73. The minimum absolute atomic E-state index is 0.0547. The Hall–Kier alpha value is -3.02. The third kappa shape index (κ3) is 3.42. The third-order valence-corrected chi connectivity index (χ3v) is 5.38. The van der Waals surface area contributed by atoms with E-state index in [1.165, 1.54) is 6.42 Å². The number of carbonyl (C=O) groups is 1. The van der Waals surface area contributed by atoms with Gasteiger partial charge in [-0.15, -0.1) is 4.68 Å². The number of ketones is 1. The molecule has 1 aliphatic heterocycles. The van der Waals surface area contributed by atoms with Crippen LogP contribution in [0.3, 0.4) is 0 Å². The number of hydrogen-bond acceptors (Lipinski definition) is 4. The molecule has 2 aromatic heterocycles. The van der Waals surface area contributed by atoms with Crippen LogP contribution >= 0.6 is 0 Å². The summed E-state index contributed by atoms with van der Waals surface area (Å²) in [5.41, 5.74) is 1.70. The van der Waals surface area contributed by atoms with E-state index >= 15 is 0 Å². The molecule has 0 aliphatic carbocycles. The highest BCUT2D eigenvalue weighted by molar-refractivity contribution is 5.98. The average molecular weight is 377 g/mol. The maximum Gasteiger partial charge on any atom is 0.309 e. The monoisotopic (exact) mass is 377 g/mol. The quantitative estimate of drug-likeness (QED) is 0.505. The summed E-state index contributed by atoms with van der Waals surface area (Å²) in [6.07, 6.45) is 7.93. The van der Waals surface area contributed by atoms with Gasteiger partial charge in [-0.1, -0.05) is 0 Å². The highest BCUT2D eigenvalue weighted by atomic mass is 16.5. The topological polar surface area (TPSA) is 60.9 Å². The van der Waals surface area contributed by atoms with Crippen LogP contribution in [0.15, 0.2) is 48.8 Å². The van der Waals surface area contributed by atoms with Gasteiger partial charge in [-0.25, -0.2) is 4.57 Å². The molecule has 0 saturated heterocycles. The molecule has 3 heterocycles. The molecule has 0 unspecified atom stereocenters. The van der Waals surface area contributed by atoms with Crippen molar-refractivity contribution >= 4 is 5.78 Å². The van der Waals surface area contributed by atoms with Gasteiger partial charge >= 0.3 is 5.82 Å². The lowest BCUT2D eigenvalue weighted by Crippen LogP contribution is -2.39. The summed E-state index contributed by atoms with van der Waals surface area (Å²) in [4.78, 5) is 17.3. The number of pyridine rings is 1. The first kappa shape index (κ1) is 18.3. The zero-order valence-electron chi connectivity index (χ0n) is 16.3. The van der Waals surface area contributed by atoms with E-state index in [9.17, 15) is 4.79 Å². The Morgan fingerprint density at radius 2 is 1.86 bits per heavy atom. The standard InChI is InChI=1S/C22H25N4O2/c1-16(21(27)17-7-9-19(28-2)10-8-17)26-20-6-4-3-5-15-25(20)22(24-26)18-11-13-23-14-12-18/h7-14,16H,3-6,15H2,1-2H3/q+1/t16-/m1/s1. The molecule has 0 bridgehead atoms. The van der Waals surface area contributed by atoms with Crippen molar-refractivity contribution in [3.05, 3.63) is 60.2 Å². The minimum Gasteiger partial charge on any atom is -0.497 e. The lowest BCUT2D eigenvalue weighted by Gasteiger charge is -2.09. The first-order valence-corrected chi connectivity index (χ1v) is 9.79. The maximum atomic E-state index is 13.1. The Morgan fingerprint density at radius 3 is 2.57 bits per heavy atom. The predicted octanol–water partition coefficient (Wildman–Crippen LogP) is 3.41. The molecule has 3 aromatic rings. The summed E-state index contributed by atoms with van der Waals surface area (Å²) < 4.78 is 9.40. The number of fused-ring (bicyclic) bond motifs is 1. The molecule has 1 aliphatic rings. The lowest BCUT2D eigenvalue weighted by molar-refractivity contribution is -0.693. The summed E-state index contributed by atoms with van der Waals surface area (Å²) in [5.74, 6) is 2.83. The van der Waals surface area contributed by atoms with Gasteiger partial charge in [-0.05, 0) is 62.6 Å². The van der Waals surface area contributed by atoms with Gasteiger partial charge in [-0.3, -0.25) is 9.78 Å². The van der Waals surface area contributed by atoms with Gasteiger partial charge in [0, 0.05) is 29.5 Å². The number of carbonyl (C=O) groups excluding carboxylic acids is 1. The lowest BCUT2D eigenvalue weighted by atomic mass is 10.1. The van der Waals surface area contributed by atoms with Crippen molar-refractivity contribution in [1.82, 2.24) is 14.8 Å². The first-order valence-electron chi connectivity index (χ1n) is 9.79. The summed E-state index contributed by atoms with van der Waals surface area (Å²) in [6, 6.07) is 10.8. The van der Waals surface area contributed by atoms with E-state index in [0.29, 0.717) is 5.56 Å². The Kier molecular flexibility index (Phi) is 5.19. The zero-order chi connectivity index (χ0) is 19.5. The van der Waals surface area contributed by atoms with Crippen LogP contribution in [-0.4, -0.2) is 27.7 Å². The molecular formula is C22H25N4O2+. The number of ether oxygens (including phenoxy) is 1. The van der Waals surface area contributed by atoms with E-state index in [1.807, 2.05) is 48.0 Å². The summed E-state index contributed by atoms with van der Waals surface area (Å²) in [6.45, 7) is 2.86. The molecule has 0 fully saturated rings. The van der Waals surface area contributed by atoms with Crippen molar-refractivity contribution in [2.75, 3.05) is 7.11 Å². The molecule has 0 saturated carbocycles. The Bertz CT molecular complexity index is 964. The van der Waals surface area contributed by atoms with E-state index in [1.54, 1.807) is 19.5 Å². The fourth-order valence-electron chi connectivity index (χ4n) is 3.81. The number of nitrogens with zero attached hydrogens (tertiary/aromatic N) is 4. The van der Waals surface area contributed by atoms with E-state index in [4.69, 9.17) is 9.84 Å². The van der Waals surface area contributed by atoms with Gasteiger partial charge in [0.05, 0.1) is 19.2 Å². The van der Waals surface area contributed by atoms with Crippen LogP contribution in [0.1, 0.15) is 48.4 Å². The fourth-order valence-corrected chi connectivity index (χ4v) is 3.81. The van der Waals surface area contributed by atoms with Gasteiger partial charge in [-0.2, -0.15) is 0 Å². The van der Waals surface area contributed by atoms with Crippen LogP contribution < -0.4 is 9.30 Å². The number of Topliss-reactive ketones (excluding diaryl/α,β-unsaturated/α-hetero) is 1. The van der Waals surface area contributed by atoms with Crippen LogP contribution in [0.2, 0.25) is 0 Å². The molecule has 144 valence electrons. The van der Waals surface area contributed by atoms with Crippen molar-refractivity contribution in [2.24, 2.45) is 0 Å². The average Bonchev–Trinajstić information content (AvgIpc) is 2.94. The van der Waals surface area contributed by atoms with Gasteiger partial charge in [0.1, 0.15) is 5.75 Å². The summed E-state index contributed by atoms with van der Waals surface area (Å²) >= 11 is 0. The van der Waals surface area contributed by atoms with Crippen LogP contribution in [0.5, 0.6) is 5.75 Å². The number of hydrogen-bond donors (Lipinski definition) is 0. The van der Waals surface area contributed by atoms with Gasteiger partial charge in [0.25, 0.3) is 0 Å². The molecule has 0 N–H and O–H groups in total. The molecule has 0 radical (unpaired) electrons. The van der Waals surface area contributed by atoms with E-state index < -0.39 is 0 Å². The Morgan fingerprint density at radius 1 is 1.11 bits per heavy atom. The normalized spacial score (nSPS) is 14.8. The van der Waals surface area contributed by atoms with Crippen LogP contribution in [0, 0.1) is 0 Å². The smallest absolute Gasteiger partial charge is 0.309 e. The second-order valence-corrected chi connectivity index (χ2v) is 7.15. The summed E-state index contributed by atoms with van der Waals surface area (Å²) in [5, 5.41) is 4.89. The predicted molar refractivity (Wildman–Crippen MR) is 105 cm³/mol. The third-order valence-electron chi connectivity index (χ3n) is 5.38. The highest BCUT2D eigenvalue weighted by Gasteiger charge is 2.33. The van der Waals surface area contributed by atoms with Crippen molar-refractivity contribution in [1.29, 1.82) is 0 Å². The van der Waals surface area contributed by atoms with Gasteiger partial charge < -0.3 is 4.74 Å². The largest absolute Gasteiger partial charge is 0.497 e.